The van der Waals surface area contributed by atoms with Gasteiger partial charge in [0.1, 0.15) is 5.75 Å². The molecule has 1 N–H and O–H groups in total. The van der Waals surface area contributed by atoms with Crippen LogP contribution >= 0.6 is 0 Å². The normalized spacial score (nSPS) is 20.3. The molecule has 0 atom stereocenters. The van der Waals surface area contributed by atoms with Crippen molar-refractivity contribution in [3.05, 3.63) is 24.3 Å². The lowest BCUT2D eigenvalue weighted by atomic mass is 10.1. The molecule has 0 saturated carbocycles. The third kappa shape index (κ3) is 2.37. The first-order chi connectivity index (χ1) is 7.07. The largest absolute Gasteiger partial charge is 0.508 e. The summed E-state index contributed by atoms with van der Waals surface area (Å²) in [4.78, 5) is 1.61. The highest BCUT2D eigenvalue weighted by molar-refractivity contribution is 5.50. The number of hydrogen-bond donors (Lipinski definition) is 1. The van der Waals surface area contributed by atoms with Crippen molar-refractivity contribution in [3.8, 4) is 5.75 Å². The second-order valence-corrected chi connectivity index (χ2v) is 3.90. The Hall–Kier alpha value is -1.32. The average Bonchev–Trinajstić information content (AvgIpc) is 2.16. The molecule has 0 bridgehead atoms. The van der Waals surface area contributed by atoms with Gasteiger partial charge in [0.15, 0.2) is 0 Å². The van der Waals surface area contributed by atoms with E-state index in [2.05, 4.69) is 0 Å². The van der Waals surface area contributed by atoms with Crippen LogP contribution in [0.25, 0.3) is 0 Å². The monoisotopic (exact) mass is 213 g/mol. The smallest absolute Gasteiger partial charge is 0.265 e. The molecule has 2 nitrogen and oxygen atoms in total. The fourth-order valence-corrected chi connectivity index (χ4v) is 1.88. The zero-order valence-electron chi connectivity index (χ0n) is 8.29. The van der Waals surface area contributed by atoms with Crippen LogP contribution in [0.1, 0.15) is 12.8 Å². The van der Waals surface area contributed by atoms with E-state index in [1.54, 1.807) is 17.0 Å². The molecule has 2 rings (SSSR count). The summed E-state index contributed by atoms with van der Waals surface area (Å²) in [5, 5.41) is 9.26. The minimum absolute atomic E-state index is 0.0394. The van der Waals surface area contributed by atoms with Crippen LogP contribution in [0.3, 0.4) is 0 Å². The molecule has 1 aromatic rings. The summed E-state index contributed by atoms with van der Waals surface area (Å²) in [6, 6.07) is 6.45. The van der Waals surface area contributed by atoms with E-state index in [9.17, 15) is 13.9 Å². The van der Waals surface area contributed by atoms with E-state index in [4.69, 9.17) is 0 Å². The lowest BCUT2D eigenvalue weighted by Gasteiger charge is -2.34. The van der Waals surface area contributed by atoms with Gasteiger partial charge < -0.3 is 10.0 Å². The highest BCUT2D eigenvalue weighted by Gasteiger charge is 2.35. The summed E-state index contributed by atoms with van der Waals surface area (Å²) < 4.78 is 26.3. The van der Waals surface area contributed by atoms with Gasteiger partial charge in [-0.15, -0.1) is 0 Å². The number of phenolic OH excluding ortho intramolecular Hbond substituents is 1. The first-order valence-corrected chi connectivity index (χ1v) is 4.99. The molecule has 0 amide bonds. The van der Waals surface area contributed by atoms with Crippen LogP contribution in [0.4, 0.5) is 14.5 Å². The van der Waals surface area contributed by atoms with Crippen LogP contribution in [0.15, 0.2) is 24.3 Å². The Balaban J connectivity index is 2.17. The van der Waals surface area contributed by atoms with Gasteiger partial charge in [-0.25, -0.2) is 8.78 Å². The third-order valence-corrected chi connectivity index (χ3v) is 2.59. The average molecular weight is 213 g/mol. The van der Waals surface area contributed by atoms with Crippen molar-refractivity contribution in [1.29, 1.82) is 0 Å². The van der Waals surface area contributed by atoms with Crippen molar-refractivity contribution < 1.29 is 13.9 Å². The lowest BCUT2D eigenvalue weighted by molar-refractivity contribution is -0.0116. The number of phenols is 1. The van der Waals surface area contributed by atoms with Crippen molar-refractivity contribution in [2.24, 2.45) is 0 Å². The summed E-state index contributed by atoms with van der Waals surface area (Å²) in [5.41, 5.74) is 0.661. The SMILES string of the molecule is Oc1cccc(N2CCCC(F)(F)C2)c1. The fraction of sp³-hybridized carbons (Fsp3) is 0.455. The van der Waals surface area contributed by atoms with Crippen LogP contribution in [-0.2, 0) is 0 Å². The van der Waals surface area contributed by atoms with Crippen LogP contribution in [0.2, 0.25) is 0 Å². The summed E-state index contributed by atoms with van der Waals surface area (Å²) in [5.74, 6) is -2.50. The van der Waals surface area contributed by atoms with Crippen LogP contribution < -0.4 is 4.90 Å². The maximum absolute atomic E-state index is 13.1. The number of nitrogens with zero attached hydrogens (tertiary/aromatic N) is 1. The summed E-state index contributed by atoms with van der Waals surface area (Å²) >= 11 is 0. The van der Waals surface area contributed by atoms with E-state index in [0.717, 1.165) is 0 Å². The van der Waals surface area contributed by atoms with E-state index in [1.807, 2.05) is 0 Å². The van der Waals surface area contributed by atoms with Gasteiger partial charge in [-0.1, -0.05) is 6.07 Å². The molecule has 4 heteroatoms. The summed E-state index contributed by atoms with van der Waals surface area (Å²) in [6.45, 7) is 0.371. The van der Waals surface area contributed by atoms with Crippen molar-refractivity contribution in [1.82, 2.24) is 0 Å². The molecule has 0 aromatic heterocycles. The minimum Gasteiger partial charge on any atom is -0.508 e. The maximum Gasteiger partial charge on any atom is 0.265 e. The maximum atomic E-state index is 13.1. The molecule has 1 heterocycles. The van der Waals surface area contributed by atoms with Gasteiger partial charge in [-0.3, -0.25) is 0 Å². The van der Waals surface area contributed by atoms with Gasteiger partial charge in [-0.2, -0.15) is 0 Å². The highest BCUT2D eigenvalue weighted by Crippen LogP contribution is 2.30. The number of halogens is 2. The van der Waals surface area contributed by atoms with E-state index >= 15 is 0 Å². The standard InChI is InChI=1S/C11H13F2NO/c12-11(13)5-2-6-14(8-11)9-3-1-4-10(15)7-9/h1,3-4,7,15H,2,5-6,8H2. The second-order valence-electron chi connectivity index (χ2n) is 3.90. The van der Waals surface area contributed by atoms with Gasteiger partial charge in [0, 0.05) is 24.7 Å². The van der Waals surface area contributed by atoms with E-state index in [-0.39, 0.29) is 18.7 Å². The van der Waals surface area contributed by atoms with E-state index in [1.165, 1.54) is 12.1 Å². The molecule has 1 aromatic carbocycles. The van der Waals surface area contributed by atoms with Gasteiger partial charge in [-0.05, 0) is 18.6 Å². The van der Waals surface area contributed by atoms with Gasteiger partial charge >= 0.3 is 0 Å². The Morgan fingerprint density at radius 3 is 2.80 bits per heavy atom. The van der Waals surface area contributed by atoms with Crippen molar-refractivity contribution in [2.45, 2.75) is 18.8 Å². The second kappa shape index (κ2) is 3.68. The molecule has 1 aliphatic heterocycles. The number of piperidine rings is 1. The first-order valence-electron chi connectivity index (χ1n) is 4.99. The molecule has 1 aliphatic rings. The molecular formula is C11H13F2NO. The minimum atomic E-state index is -2.61. The number of anilines is 1. The zero-order valence-corrected chi connectivity index (χ0v) is 8.29. The molecule has 0 unspecified atom stereocenters. The predicted octanol–water partition coefficient (Wildman–Crippen LogP) is 2.63. The molecule has 1 fully saturated rings. The van der Waals surface area contributed by atoms with Gasteiger partial charge in [0.2, 0.25) is 0 Å². The Morgan fingerprint density at radius 2 is 2.13 bits per heavy atom. The molecule has 0 spiro atoms. The molecule has 0 aliphatic carbocycles. The molecule has 1 saturated heterocycles. The Labute approximate surface area is 87.1 Å². The Kier molecular flexibility index (Phi) is 2.50. The summed E-state index contributed by atoms with van der Waals surface area (Å²) in [7, 11) is 0. The fourth-order valence-electron chi connectivity index (χ4n) is 1.88. The molecular weight excluding hydrogens is 200 g/mol. The van der Waals surface area contributed by atoms with Gasteiger partial charge in [0.05, 0.1) is 6.54 Å². The van der Waals surface area contributed by atoms with E-state index in [0.29, 0.717) is 18.7 Å². The number of hydrogen-bond acceptors (Lipinski definition) is 2. The van der Waals surface area contributed by atoms with Gasteiger partial charge in [0.25, 0.3) is 5.92 Å². The molecule has 15 heavy (non-hydrogen) atoms. The topological polar surface area (TPSA) is 23.5 Å². The number of rotatable bonds is 1. The lowest BCUT2D eigenvalue weighted by Crippen LogP contribution is -2.42. The molecule has 0 radical (unpaired) electrons. The Morgan fingerprint density at radius 1 is 1.33 bits per heavy atom. The number of aromatic hydroxyl groups is 1. The number of alkyl halides is 2. The highest BCUT2D eigenvalue weighted by atomic mass is 19.3. The molecule has 82 valence electrons. The zero-order chi connectivity index (χ0) is 10.9. The third-order valence-electron chi connectivity index (χ3n) is 2.59. The first kappa shape index (κ1) is 10.2. The summed E-state index contributed by atoms with van der Waals surface area (Å²) in [6.07, 6.45) is 0.449. The van der Waals surface area contributed by atoms with Crippen molar-refractivity contribution in [2.75, 3.05) is 18.0 Å². The van der Waals surface area contributed by atoms with Crippen LogP contribution in [0, 0.1) is 0 Å². The van der Waals surface area contributed by atoms with Crippen molar-refractivity contribution in [3.63, 3.8) is 0 Å². The predicted molar refractivity (Wildman–Crippen MR) is 54.5 cm³/mol. The van der Waals surface area contributed by atoms with Crippen LogP contribution in [-0.4, -0.2) is 24.1 Å². The quantitative estimate of drug-likeness (QED) is 0.775. The van der Waals surface area contributed by atoms with Crippen LogP contribution in [0.5, 0.6) is 5.75 Å². The van der Waals surface area contributed by atoms with Crippen molar-refractivity contribution >= 4 is 5.69 Å². The van der Waals surface area contributed by atoms with E-state index < -0.39 is 5.92 Å². The number of benzene rings is 1. The Bertz CT molecular complexity index is 354.